The second-order valence-electron chi connectivity index (χ2n) is 11.2. The minimum atomic E-state index is -0.112. The van der Waals surface area contributed by atoms with Crippen molar-refractivity contribution in [3.63, 3.8) is 0 Å². The second kappa shape index (κ2) is 13.0. The summed E-state index contributed by atoms with van der Waals surface area (Å²) in [5.41, 5.74) is 9.13. The number of hydrogen-bond donors (Lipinski definition) is 3. The van der Waals surface area contributed by atoms with E-state index in [-0.39, 0.29) is 23.1 Å². The second-order valence-corrected chi connectivity index (χ2v) is 13.6. The highest BCUT2D eigenvalue weighted by Crippen LogP contribution is 2.44. The van der Waals surface area contributed by atoms with Crippen LogP contribution in [0.25, 0.3) is 11.1 Å². The molecule has 0 bridgehead atoms. The minimum absolute atomic E-state index is 0.112. The van der Waals surface area contributed by atoms with Gasteiger partial charge in [-0.3, -0.25) is 9.79 Å². The number of rotatable bonds is 9. The summed E-state index contributed by atoms with van der Waals surface area (Å²) in [6, 6.07) is 17.6. The Morgan fingerprint density at radius 1 is 1.05 bits per heavy atom. The van der Waals surface area contributed by atoms with Crippen molar-refractivity contribution < 1.29 is 4.79 Å². The van der Waals surface area contributed by atoms with Crippen LogP contribution in [-0.4, -0.2) is 25.3 Å². The molecule has 3 rings (SSSR count). The van der Waals surface area contributed by atoms with Gasteiger partial charge < -0.3 is 10.7 Å². The number of hydrogen-bond acceptors (Lipinski definition) is 5. The van der Waals surface area contributed by atoms with Gasteiger partial charge in [-0.1, -0.05) is 58.9 Å². The van der Waals surface area contributed by atoms with Gasteiger partial charge in [-0.2, -0.15) is 0 Å². The molecule has 0 saturated carbocycles. The zero-order valence-electron chi connectivity index (χ0n) is 23.9. The van der Waals surface area contributed by atoms with Gasteiger partial charge in [0.25, 0.3) is 5.91 Å². The van der Waals surface area contributed by atoms with Crippen molar-refractivity contribution in [1.29, 1.82) is 0 Å². The van der Waals surface area contributed by atoms with E-state index < -0.39 is 0 Å². The van der Waals surface area contributed by atoms with Crippen molar-refractivity contribution in [2.24, 2.45) is 16.8 Å². The number of thiophene rings is 1. The molecule has 0 aliphatic heterocycles. The zero-order valence-corrected chi connectivity index (χ0v) is 25.6. The maximum absolute atomic E-state index is 12.7. The molecule has 3 aromatic rings. The van der Waals surface area contributed by atoms with Gasteiger partial charge in [0.05, 0.1) is 11.4 Å². The molecule has 4 N–H and O–H groups in total. The Balaban J connectivity index is 1.82. The Labute approximate surface area is 236 Å². The number of benzene rings is 2. The van der Waals surface area contributed by atoms with Gasteiger partial charge in [-0.15, -0.1) is 23.1 Å². The zero-order chi connectivity index (χ0) is 28.0. The van der Waals surface area contributed by atoms with E-state index in [1.165, 1.54) is 37.6 Å². The number of nitrogens with zero attached hydrogens (tertiary/aromatic N) is 1. The maximum atomic E-state index is 12.7. The van der Waals surface area contributed by atoms with Crippen LogP contribution in [0.3, 0.4) is 0 Å². The molecule has 5 nitrogen and oxygen atoms in total. The number of amides is 1. The summed E-state index contributed by atoms with van der Waals surface area (Å²) in [4.78, 5) is 19.9. The molecule has 1 heterocycles. The molecule has 0 aliphatic rings. The van der Waals surface area contributed by atoms with Gasteiger partial charge in [0.15, 0.2) is 0 Å². The van der Waals surface area contributed by atoms with Crippen molar-refractivity contribution in [3.05, 3.63) is 75.0 Å². The first kappa shape index (κ1) is 29.9. The van der Waals surface area contributed by atoms with Crippen LogP contribution in [0.15, 0.2) is 58.4 Å². The number of amidine groups is 1. The third kappa shape index (κ3) is 7.71. The van der Waals surface area contributed by atoms with Crippen LogP contribution in [0.1, 0.15) is 77.5 Å². The van der Waals surface area contributed by atoms with Crippen LogP contribution in [0.5, 0.6) is 0 Å². The fourth-order valence-electron chi connectivity index (χ4n) is 4.49. The molecule has 1 atom stereocenters. The first-order chi connectivity index (χ1) is 17.9. The molecule has 1 aromatic heterocycles. The van der Waals surface area contributed by atoms with E-state index in [1.54, 1.807) is 18.4 Å². The van der Waals surface area contributed by atoms with Gasteiger partial charge in [0.1, 0.15) is 5.84 Å². The fourth-order valence-corrected chi connectivity index (χ4v) is 7.19. The number of nitrogens with two attached hydrogens (primary N) is 1. The summed E-state index contributed by atoms with van der Waals surface area (Å²) in [6.45, 7) is 15.9. The normalized spacial score (nSPS) is 13.1. The SMILES string of the molecule is CN=C(CNC(=O)c1ccc(C(CC(C)C)Sc2cc(C)c(-c3ccc(C(C)(C)C)cc3)c(C)c2)s1)NN. The third-order valence-electron chi connectivity index (χ3n) is 6.53. The summed E-state index contributed by atoms with van der Waals surface area (Å²) < 4.78 is 0. The summed E-state index contributed by atoms with van der Waals surface area (Å²) >= 11 is 3.46. The number of thioether (sulfide) groups is 1. The average Bonchev–Trinajstić information content (AvgIpc) is 3.34. The maximum Gasteiger partial charge on any atom is 0.261 e. The molecule has 204 valence electrons. The Hall–Kier alpha value is -2.61. The van der Waals surface area contributed by atoms with Gasteiger partial charge in [0, 0.05) is 22.1 Å². The van der Waals surface area contributed by atoms with Crippen molar-refractivity contribution in [1.82, 2.24) is 10.7 Å². The van der Waals surface area contributed by atoms with E-state index in [1.807, 2.05) is 17.8 Å². The van der Waals surface area contributed by atoms with Gasteiger partial charge in [-0.25, -0.2) is 5.84 Å². The minimum Gasteiger partial charge on any atom is -0.344 e. The molecule has 0 saturated heterocycles. The highest BCUT2D eigenvalue weighted by molar-refractivity contribution is 7.99. The number of carbonyl (C=O) groups excluding carboxylic acids is 1. The van der Waals surface area contributed by atoms with E-state index in [2.05, 4.69) is 107 Å². The van der Waals surface area contributed by atoms with Gasteiger partial charge in [-0.05, 0) is 83.7 Å². The molecular formula is C31H42N4OS2. The Morgan fingerprint density at radius 3 is 2.21 bits per heavy atom. The molecule has 0 spiro atoms. The summed E-state index contributed by atoms with van der Waals surface area (Å²) in [5, 5.41) is 3.16. The Morgan fingerprint density at radius 2 is 1.68 bits per heavy atom. The lowest BCUT2D eigenvalue weighted by molar-refractivity contribution is 0.0963. The average molecular weight is 551 g/mol. The smallest absolute Gasteiger partial charge is 0.261 e. The third-order valence-corrected chi connectivity index (χ3v) is 9.12. The van der Waals surface area contributed by atoms with Crippen molar-refractivity contribution in [2.45, 2.75) is 70.4 Å². The molecular weight excluding hydrogens is 509 g/mol. The summed E-state index contributed by atoms with van der Waals surface area (Å²) in [6.07, 6.45) is 1.03. The molecule has 0 radical (unpaired) electrons. The lowest BCUT2D eigenvalue weighted by atomic mass is 9.85. The molecule has 1 unspecified atom stereocenters. The van der Waals surface area contributed by atoms with Crippen LogP contribution in [0, 0.1) is 19.8 Å². The monoisotopic (exact) mass is 550 g/mol. The summed E-state index contributed by atoms with van der Waals surface area (Å²) in [7, 11) is 1.64. The predicted octanol–water partition coefficient (Wildman–Crippen LogP) is 7.43. The van der Waals surface area contributed by atoms with E-state index >= 15 is 0 Å². The molecule has 2 aromatic carbocycles. The Bertz CT molecular complexity index is 1250. The van der Waals surface area contributed by atoms with E-state index in [9.17, 15) is 4.79 Å². The van der Waals surface area contributed by atoms with Gasteiger partial charge >= 0.3 is 0 Å². The van der Waals surface area contributed by atoms with Crippen LogP contribution in [0.4, 0.5) is 0 Å². The van der Waals surface area contributed by atoms with Crippen LogP contribution in [0.2, 0.25) is 0 Å². The van der Waals surface area contributed by atoms with Crippen molar-refractivity contribution in [2.75, 3.05) is 13.6 Å². The van der Waals surface area contributed by atoms with Gasteiger partial charge in [0.2, 0.25) is 0 Å². The lowest BCUT2D eigenvalue weighted by Gasteiger charge is -2.21. The number of hydrazine groups is 1. The number of aliphatic imine (C=N–C) groups is 1. The standard InChI is InChI=1S/C31H42N4OS2/c1-19(2)15-27(25-13-14-26(38-25)30(36)34-18-28(33-8)35-32)37-24-16-20(3)29(21(4)17-24)22-9-11-23(12-10-22)31(5,6)7/h9-14,16-17,19,27H,15,18,32H2,1-8H3,(H,33,35)(H,34,36). The fraction of sp³-hybridized carbons (Fsp3) is 0.419. The first-order valence-corrected chi connectivity index (χ1v) is 14.8. The Kier molecular flexibility index (Phi) is 10.2. The van der Waals surface area contributed by atoms with Crippen molar-refractivity contribution in [3.8, 4) is 11.1 Å². The van der Waals surface area contributed by atoms with Crippen LogP contribution in [-0.2, 0) is 5.41 Å². The first-order valence-electron chi connectivity index (χ1n) is 13.1. The van der Waals surface area contributed by atoms with Crippen LogP contribution < -0.4 is 16.6 Å². The number of aryl methyl sites for hydroxylation is 2. The van der Waals surface area contributed by atoms with Crippen LogP contribution >= 0.6 is 23.1 Å². The largest absolute Gasteiger partial charge is 0.344 e. The lowest BCUT2D eigenvalue weighted by Crippen LogP contribution is -2.40. The molecule has 0 fully saturated rings. The van der Waals surface area contributed by atoms with E-state index in [4.69, 9.17) is 5.84 Å². The number of carbonyl (C=O) groups is 1. The van der Waals surface area contributed by atoms with E-state index in [0.717, 1.165) is 6.42 Å². The highest BCUT2D eigenvalue weighted by atomic mass is 32.2. The molecule has 1 amide bonds. The molecule has 38 heavy (non-hydrogen) atoms. The summed E-state index contributed by atoms with van der Waals surface area (Å²) in [5.74, 6) is 6.38. The number of nitrogens with one attached hydrogen (secondary N) is 2. The topological polar surface area (TPSA) is 79.5 Å². The predicted molar refractivity (Wildman–Crippen MR) is 165 cm³/mol. The molecule has 7 heteroatoms. The van der Waals surface area contributed by atoms with E-state index in [0.29, 0.717) is 16.6 Å². The molecule has 0 aliphatic carbocycles. The highest BCUT2D eigenvalue weighted by Gasteiger charge is 2.21. The quantitative estimate of drug-likeness (QED) is 0.0851. The van der Waals surface area contributed by atoms with Crippen molar-refractivity contribution >= 4 is 34.8 Å².